The summed E-state index contributed by atoms with van der Waals surface area (Å²) in [4.78, 5) is 17.3. The van der Waals surface area contributed by atoms with Crippen molar-refractivity contribution in [3.63, 3.8) is 0 Å². The molecule has 1 unspecified atom stereocenters. The molecule has 1 amide bonds. The van der Waals surface area contributed by atoms with Crippen molar-refractivity contribution in [1.82, 2.24) is 15.1 Å². The van der Waals surface area contributed by atoms with Crippen LogP contribution in [0, 0.1) is 0 Å². The van der Waals surface area contributed by atoms with Crippen molar-refractivity contribution in [3.05, 3.63) is 34.9 Å². The fraction of sp³-hybridized carbons (Fsp3) is 0.650. The van der Waals surface area contributed by atoms with Crippen LogP contribution in [-0.4, -0.2) is 54.0 Å². The van der Waals surface area contributed by atoms with E-state index >= 15 is 0 Å². The lowest BCUT2D eigenvalue weighted by Crippen LogP contribution is -2.54. The van der Waals surface area contributed by atoms with E-state index in [9.17, 15) is 4.79 Å². The fourth-order valence-electron chi connectivity index (χ4n) is 3.94. The summed E-state index contributed by atoms with van der Waals surface area (Å²) < 4.78 is 0. The van der Waals surface area contributed by atoms with Gasteiger partial charge in [-0.3, -0.25) is 14.6 Å². The highest BCUT2D eigenvalue weighted by Gasteiger charge is 2.27. The van der Waals surface area contributed by atoms with E-state index in [1.807, 2.05) is 25.1 Å². The molecule has 1 aromatic rings. The molecule has 1 atom stereocenters. The fourth-order valence-corrected chi connectivity index (χ4v) is 4.15. The van der Waals surface area contributed by atoms with Gasteiger partial charge in [-0.1, -0.05) is 43.0 Å². The molecule has 1 heterocycles. The number of halogens is 1. The van der Waals surface area contributed by atoms with E-state index in [0.29, 0.717) is 6.04 Å². The third-order valence-electron chi connectivity index (χ3n) is 5.58. The van der Waals surface area contributed by atoms with E-state index in [1.54, 1.807) is 0 Å². The molecular formula is C20H30ClN3O. The molecule has 2 fully saturated rings. The zero-order valence-corrected chi connectivity index (χ0v) is 16.0. The van der Waals surface area contributed by atoms with Gasteiger partial charge in [0, 0.05) is 43.8 Å². The van der Waals surface area contributed by atoms with Gasteiger partial charge in [-0.15, -0.1) is 0 Å². The Kier molecular flexibility index (Phi) is 6.74. The monoisotopic (exact) mass is 363 g/mol. The molecule has 0 radical (unpaired) electrons. The van der Waals surface area contributed by atoms with Crippen LogP contribution < -0.4 is 5.32 Å². The van der Waals surface area contributed by atoms with Crippen LogP contribution in [0.3, 0.4) is 0 Å². The maximum absolute atomic E-state index is 12.5. The second-order valence-corrected chi connectivity index (χ2v) is 7.90. The predicted molar refractivity (Wildman–Crippen MR) is 103 cm³/mol. The summed E-state index contributed by atoms with van der Waals surface area (Å²) >= 11 is 6.07. The molecule has 0 bridgehead atoms. The van der Waals surface area contributed by atoms with Crippen molar-refractivity contribution in [1.29, 1.82) is 0 Å². The van der Waals surface area contributed by atoms with Gasteiger partial charge in [-0.2, -0.15) is 0 Å². The highest BCUT2D eigenvalue weighted by Crippen LogP contribution is 2.18. The van der Waals surface area contributed by atoms with Gasteiger partial charge < -0.3 is 5.32 Å². The maximum Gasteiger partial charge on any atom is 0.237 e. The van der Waals surface area contributed by atoms with Crippen LogP contribution >= 0.6 is 11.6 Å². The van der Waals surface area contributed by atoms with E-state index in [4.69, 9.17) is 11.6 Å². The highest BCUT2D eigenvalue weighted by atomic mass is 35.5. The molecule has 25 heavy (non-hydrogen) atoms. The number of benzene rings is 1. The predicted octanol–water partition coefficient (Wildman–Crippen LogP) is 3.30. The van der Waals surface area contributed by atoms with Crippen molar-refractivity contribution < 1.29 is 4.79 Å². The summed E-state index contributed by atoms with van der Waals surface area (Å²) in [6, 6.07) is 8.44. The number of hydrogen-bond acceptors (Lipinski definition) is 3. The Labute approximate surface area is 156 Å². The molecule has 1 aliphatic carbocycles. The van der Waals surface area contributed by atoms with E-state index in [1.165, 1.54) is 24.8 Å². The van der Waals surface area contributed by atoms with Crippen molar-refractivity contribution in [2.45, 2.75) is 57.7 Å². The minimum Gasteiger partial charge on any atom is -0.352 e. The molecule has 1 N–H and O–H groups in total. The highest BCUT2D eigenvalue weighted by molar-refractivity contribution is 6.30. The van der Waals surface area contributed by atoms with Crippen LogP contribution in [0.4, 0.5) is 0 Å². The van der Waals surface area contributed by atoms with Crippen LogP contribution in [0.2, 0.25) is 5.02 Å². The lowest BCUT2D eigenvalue weighted by Gasteiger charge is -2.38. The molecule has 1 aromatic carbocycles. The zero-order chi connectivity index (χ0) is 17.6. The number of amides is 1. The van der Waals surface area contributed by atoms with Crippen molar-refractivity contribution in [2.75, 3.05) is 26.2 Å². The lowest BCUT2D eigenvalue weighted by atomic mass is 9.95. The van der Waals surface area contributed by atoms with E-state index < -0.39 is 0 Å². The largest absolute Gasteiger partial charge is 0.352 e. The maximum atomic E-state index is 12.5. The Hall–Kier alpha value is -1.10. The summed E-state index contributed by atoms with van der Waals surface area (Å²) in [5, 5.41) is 4.06. The first-order chi connectivity index (χ1) is 12.1. The molecule has 3 rings (SSSR count). The van der Waals surface area contributed by atoms with Gasteiger partial charge in [-0.05, 0) is 37.5 Å². The molecular weight excluding hydrogens is 334 g/mol. The lowest BCUT2D eigenvalue weighted by molar-refractivity contribution is -0.127. The average molecular weight is 364 g/mol. The number of nitrogens with one attached hydrogen (secondary N) is 1. The van der Waals surface area contributed by atoms with E-state index in [2.05, 4.69) is 21.2 Å². The van der Waals surface area contributed by atoms with Crippen LogP contribution in [0.25, 0.3) is 0 Å². The minimum absolute atomic E-state index is 0.0322. The molecule has 5 heteroatoms. The zero-order valence-electron chi connectivity index (χ0n) is 15.2. The van der Waals surface area contributed by atoms with Gasteiger partial charge in [0.2, 0.25) is 5.91 Å². The molecule has 0 spiro atoms. The number of carbonyl (C=O) groups is 1. The first kappa shape index (κ1) is 18.7. The van der Waals surface area contributed by atoms with Gasteiger partial charge in [0.1, 0.15) is 0 Å². The van der Waals surface area contributed by atoms with Gasteiger partial charge in [0.05, 0.1) is 6.04 Å². The summed E-state index contributed by atoms with van der Waals surface area (Å²) in [5.41, 5.74) is 1.25. The van der Waals surface area contributed by atoms with Crippen molar-refractivity contribution in [3.8, 4) is 0 Å². The van der Waals surface area contributed by atoms with Gasteiger partial charge in [0.25, 0.3) is 0 Å². The summed E-state index contributed by atoms with van der Waals surface area (Å²) in [5.74, 6) is 0.204. The first-order valence-electron chi connectivity index (χ1n) is 9.63. The number of piperazine rings is 1. The Bertz CT molecular complexity index is 566. The molecule has 0 aromatic heterocycles. The van der Waals surface area contributed by atoms with Crippen LogP contribution in [0.1, 0.15) is 44.6 Å². The molecule has 1 aliphatic heterocycles. The Morgan fingerprint density at radius 1 is 1.20 bits per heavy atom. The smallest absolute Gasteiger partial charge is 0.237 e. The minimum atomic E-state index is -0.0322. The van der Waals surface area contributed by atoms with Gasteiger partial charge in [-0.25, -0.2) is 0 Å². The first-order valence-corrected chi connectivity index (χ1v) is 10.0. The Balaban J connectivity index is 1.43. The quantitative estimate of drug-likeness (QED) is 0.871. The summed E-state index contributed by atoms with van der Waals surface area (Å²) in [6.45, 7) is 6.85. The Morgan fingerprint density at radius 2 is 1.92 bits per heavy atom. The number of hydrogen-bond donors (Lipinski definition) is 1. The van der Waals surface area contributed by atoms with Crippen LogP contribution in [0.15, 0.2) is 24.3 Å². The van der Waals surface area contributed by atoms with Crippen molar-refractivity contribution >= 4 is 17.5 Å². The molecule has 2 aliphatic rings. The van der Waals surface area contributed by atoms with E-state index in [0.717, 1.165) is 50.6 Å². The van der Waals surface area contributed by atoms with Gasteiger partial charge in [0.15, 0.2) is 0 Å². The average Bonchev–Trinajstić information content (AvgIpc) is 2.62. The SMILES string of the molecule is CC(C(=O)NC1CCCCC1)N1CCN(Cc2cccc(Cl)c2)CC1. The third kappa shape index (κ3) is 5.44. The topological polar surface area (TPSA) is 35.6 Å². The normalized spacial score (nSPS) is 21.8. The molecule has 1 saturated carbocycles. The molecule has 138 valence electrons. The van der Waals surface area contributed by atoms with E-state index in [-0.39, 0.29) is 11.9 Å². The number of rotatable bonds is 5. The third-order valence-corrected chi connectivity index (χ3v) is 5.82. The van der Waals surface area contributed by atoms with Crippen molar-refractivity contribution in [2.24, 2.45) is 0 Å². The molecule has 1 saturated heterocycles. The second-order valence-electron chi connectivity index (χ2n) is 7.46. The second kappa shape index (κ2) is 9.02. The Morgan fingerprint density at radius 3 is 2.60 bits per heavy atom. The molecule has 4 nitrogen and oxygen atoms in total. The standard InChI is InChI=1S/C20H30ClN3O/c1-16(20(25)22-19-8-3-2-4-9-19)24-12-10-23(11-13-24)15-17-6-5-7-18(21)14-17/h5-7,14,16,19H,2-4,8-13,15H2,1H3,(H,22,25). The number of nitrogens with zero attached hydrogens (tertiary/aromatic N) is 2. The van der Waals surface area contributed by atoms with Crippen LogP contribution in [0.5, 0.6) is 0 Å². The summed E-state index contributed by atoms with van der Waals surface area (Å²) in [7, 11) is 0. The van der Waals surface area contributed by atoms with Gasteiger partial charge >= 0.3 is 0 Å². The van der Waals surface area contributed by atoms with Crippen LogP contribution in [-0.2, 0) is 11.3 Å². The summed E-state index contributed by atoms with van der Waals surface area (Å²) in [6.07, 6.45) is 6.11. The number of carbonyl (C=O) groups excluding carboxylic acids is 1.